The summed E-state index contributed by atoms with van der Waals surface area (Å²) in [5, 5.41) is 3.28. The Bertz CT molecular complexity index is 533. The van der Waals surface area contributed by atoms with Gasteiger partial charge < -0.3 is 10.1 Å². The molecule has 0 saturated carbocycles. The number of nitrogens with one attached hydrogen (secondary N) is 1. The van der Waals surface area contributed by atoms with Crippen molar-refractivity contribution < 1.29 is 4.74 Å². The van der Waals surface area contributed by atoms with Crippen LogP contribution < -0.4 is 10.1 Å². The monoisotopic (exact) mass is 321 g/mol. The van der Waals surface area contributed by atoms with Crippen molar-refractivity contribution in [2.45, 2.75) is 12.5 Å². The van der Waals surface area contributed by atoms with Gasteiger partial charge >= 0.3 is 0 Å². The first-order chi connectivity index (χ1) is 9.24. The lowest BCUT2D eigenvalue weighted by atomic mass is 10.0. The third-order valence-corrected chi connectivity index (χ3v) is 3.76. The zero-order valence-corrected chi connectivity index (χ0v) is 12.5. The average molecular weight is 322 g/mol. The molecule has 4 nitrogen and oxygen atoms in total. The standard InChI is InChI=1S/C14H16BrN3O/c1-16-14(13-5-6-17-9-18-13)8-10-7-11(19-2)3-4-12(10)15/h3-7,9,14,16H,8H2,1-2H3. The van der Waals surface area contributed by atoms with Crippen molar-refractivity contribution in [1.29, 1.82) is 0 Å². The fourth-order valence-electron chi connectivity index (χ4n) is 1.92. The van der Waals surface area contributed by atoms with Gasteiger partial charge in [0.15, 0.2) is 0 Å². The maximum Gasteiger partial charge on any atom is 0.119 e. The smallest absolute Gasteiger partial charge is 0.119 e. The second kappa shape index (κ2) is 6.63. The molecule has 5 heteroatoms. The van der Waals surface area contributed by atoms with Crippen LogP contribution in [0.1, 0.15) is 17.3 Å². The van der Waals surface area contributed by atoms with Gasteiger partial charge in [-0.3, -0.25) is 0 Å². The fraction of sp³-hybridized carbons (Fsp3) is 0.286. The lowest BCUT2D eigenvalue weighted by Crippen LogP contribution is -2.20. The Balaban J connectivity index is 2.23. The van der Waals surface area contributed by atoms with E-state index in [1.807, 2.05) is 31.3 Å². The Hall–Kier alpha value is -1.46. The normalized spacial score (nSPS) is 12.2. The Morgan fingerprint density at radius 1 is 1.37 bits per heavy atom. The molecule has 0 fully saturated rings. The van der Waals surface area contributed by atoms with Gasteiger partial charge in [0, 0.05) is 10.7 Å². The van der Waals surface area contributed by atoms with E-state index in [9.17, 15) is 0 Å². The van der Waals surface area contributed by atoms with Gasteiger partial charge in [0.25, 0.3) is 0 Å². The first-order valence-electron chi connectivity index (χ1n) is 6.00. The number of likely N-dealkylation sites (N-methyl/N-ethyl adjacent to an activating group) is 1. The highest BCUT2D eigenvalue weighted by Gasteiger charge is 2.13. The van der Waals surface area contributed by atoms with Gasteiger partial charge in [0.05, 0.1) is 18.8 Å². The van der Waals surface area contributed by atoms with Crippen LogP contribution in [0.15, 0.2) is 41.3 Å². The van der Waals surface area contributed by atoms with Gasteiger partial charge in [0.1, 0.15) is 12.1 Å². The van der Waals surface area contributed by atoms with Crippen molar-refractivity contribution >= 4 is 15.9 Å². The van der Waals surface area contributed by atoms with Crippen LogP contribution in [0.4, 0.5) is 0 Å². The van der Waals surface area contributed by atoms with Gasteiger partial charge in [-0.05, 0) is 43.3 Å². The second-order valence-electron chi connectivity index (χ2n) is 4.14. The highest BCUT2D eigenvalue weighted by atomic mass is 79.9. The number of ether oxygens (including phenoxy) is 1. The molecule has 1 aromatic carbocycles. The SMILES string of the molecule is CNC(Cc1cc(OC)ccc1Br)c1ccncn1. The van der Waals surface area contributed by atoms with Crippen LogP contribution >= 0.6 is 15.9 Å². The first kappa shape index (κ1) is 14.0. The van der Waals surface area contributed by atoms with E-state index in [0.717, 1.165) is 22.3 Å². The summed E-state index contributed by atoms with van der Waals surface area (Å²) in [4.78, 5) is 8.24. The summed E-state index contributed by atoms with van der Waals surface area (Å²) in [6, 6.07) is 8.05. The van der Waals surface area contributed by atoms with Crippen LogP contribution in [0.25, 0.3) is 0 Å². The maximum absolute atomic E-state index is 5.26. The van der Waals surface area contributed by atoms with Gasteiger partial charge in [-0.15, -0.1) is 0 Å². The van der Waals surface area contributed by atoms with Gasteiger partial charge in [-0.1, -0.05) is 15.9 Å². The van der Waals surface area contributed by atoms with Crippen LogP contribution in [0.5, 0.6) is 5.75 Å². The molecule has 0 radical (unpaired) electrons. The molecule has 1 aromatic heterocycles. The molecule has 0 aliphatic rings. The molecular weight excluding hydrogens is 306 g/mol. The van der Waals surface area contributed by atoms with Gasteiger partial charge in [0.2, 0.25) is 0 Å². The van der Waals surface area contributed by atoms with E-state index in [4.69, 9.17) is 4.74 Å². The zero-order chi connectivity index (χ0) is 13.7. The molecule has 1 unspecified atom stereocenters. The molecule has 0 amide bonds. The minimum Gasteiger partial charge on any atom is -0.497 e. The van der Waals surface area contributed by atoms with Crippen LogP contribution in [0.2, 0.25) is 0 Å². The molecule has 100 valence electrons. The highest BCUT2D eigenvalue weighted by molar-refractivity contribution is 9.10. The minimum absolute atomic E-state index is 0.145. The molecule has 2 rings (SSSR count). The summed E-state index contributed by atoms with van der Waals surface area (Å²) in [6.07, 6.45) is 4.15. The third kappa shape index (κ3) is 3.52. The fourth-order valence-corrected chi connectivity index (χ4v) is 2.32. The Labute approximate surface area is 121 Å². The summed E-state index contributed by atoms with van der Waals surface area (Å²) < 4.78 is 6.34. The topological polar surface area (TPSA) is 47.0 Å². The molecule has 1 atom stereocenters. The van der Waals surface area contributed by atoms with Crippen molar-refractivity contribution in [3.05, 3.63) is 52.5 Å². The average Bonchev–Trinajstić information content (AvgIpc) is 2.47. The summed E-state index contributed by atoms with van der Waals surface area (Å²) in [7, 11) is 3.61. The van der Waals surface area contributed by atoms with Crippen molar-refractivity contribution in [3.63, 3.8) is 0 Å². The Kier molecular flexibility index (Phi) is 4.87. The summed E-state index contributed by atoms with van der Waals surface area (Å²) in [5.74, 6) is 0.857. The molecule has 0 aliphatic heterocycles. The third-order valence-electron chi connectivity index (χ3n) is 2.99. The van der Waals surface area contributed by atoms with Crippen LogP contribution in [0.3, 0.4) is 0 Å². The van der Waals surface area contributed by atoms with E-state index >= 15 is 0 Å². The lowest BCUT2D eigenvalue weighted by molar-refractivity contribution is 0.413. The van der Waals surface area contributed by atoms with Gasteiger partial charge in [-0.25, -0.2) is 9.97 Å². The predicted molar refractivity (Wildman–Crippen MR) is 78.2 cm³/mol. The largest absolute Gasteiger partial charge is 0.497 e. The summed E-state index contributed by atoms with van der Waals surface area (Å²) >= 11 is 3.57. The molecule has 1 N–H and O–H groups in total. The van der Waals surface area contributed by atoms with Crippen LogP contribution in [-0.2, 0) is 6.42 Å². The van der Waals surface area contributed by atoms with Crippen molar-refractivity contribution in [2.75, 3.05) is 14.2 Å². The Morgan fingerprint density at radius 2 is 2.21 bits per heavy atom. The van der Waals surface area contributed by atoms with E-state index in [1.54, 1.807) is 19.6 Å². The Morgan fingerprint density at radius 3 is 2.84 bits per heavy atom. The second-order valence-corrected chi connectivity index (χ2v) is 4.99. The number of rotatable bonds is 5. The molecular formula is C14H16BrN3O. The maximum atomic E-state index is 5.26. The molecule has 0 spiro atoms. The summed E-state index contributed by atoms with van der Waals surface area (Å²) in [5.41, 5.74) is 2.16. The number of methoxy groups -OCH3 is 1. The van der Waals surface area contributed by atoms with Crippen molar-refractivity contribution in [3.8, 4) is 5.75 Å². The summed E-state index contributed by atoms with van der Waals surface area (Å²) in [6.45, 7) is 0. The molecule has 2 aromatic rings. The van der Waals surface area contributed by atoms with Crippen LogP contribution in [-0.4, -0.2) is 24.1 Å². The van der Waals surface area contributed by atoms with E-state index < -0.39 is 0 Å². The van der Waals surface area contributed by atoms with Crippen molar-refractivity contribution in [1.82, 2.24) is 15.3 Å². The number of halogens is 1. The minimum atomic E-state index is 0.145. The number of aromatic nitrogens is 2. The number of nitrogens with zero attached hydrogens (tertiary/aromatic N) is 2. The van der Waals surface area contributed by atoms with E-state index in [1.165, 1.54) is 5.56 Å². The molecule has 19 heavy (non-hydrogen) atoms. The molecule has 0 aliphatic carbocycles. The lowest BCUT2D eigenvalue weighted by Gasteiger charge is -2.16. The van der Waals surface area contributed by atoms with Crippen LogP contribution in [0, 0.1) is 0 Å². The number of hydrogen-bond donors (Lipinski definition) is 1. The molecule has 0 saturated heterocycles. The van der Waals surface area contributed by atoms with E-state index in [0.29, 0.717) is 0 Å². The van der Waals surface area contributed by atoms with Gasteiger partial charge in [-0.2, -0.15) is 0 Å². The molecule has 0 bridgehead atoms. The van der Waals surface area contributed by atoms with E-state index in [2.05, 4.69) is 31.2 Å². The van der Waals surface area contributed by atoms with E-state index in [-0.39, 0.29) is 6.04 Å². The highest BCUT2D eigenvalue weighted by Crippen LogP contribution is 2.26. The first-order valence-corrected chi connectivity index (χ1v) is 6.79. The quantitative estimate of drug-likeness (QED) is 0.919. The molecule has 1 heterocycles. The zero-order valence-electron chi connectivity index (χ0n) is 10.9. The predicted octanol–water partition coefficient (Wildman–Crippen LogP) is 2.75. The number of hydrogen-bond acceptors (Lipinski definition) is 4. The van der Waals surface area contributed by atoms with Crippen molar-refractivity contribution in [2.24, 2.45) is 0 Å². The number of benzene rings is 1.